The van der Waals surface area contributed by atoms with Gasteiger partial charge in [0.2, 0.25) is 5.91 Å². The zero-order chi connectivity index (χ0) is 24.1. The molecule has 1 amide bonds. The fourth-order valence-electron chi connectivity index (χ4n) is 2.43. The molecule has 1 N–H and O–H groups in total. The first-order valence-corrected chi connectivity index (χ1v) is 13.0. The van der Waals surface area contributed by atoms with Crippen LogP contribution in [0.5, 0.6) is 0 Å². The Kier molecular flexibility index (Phi) is 8.29. The van der Waals surface area contributed by atoms with Crippen LogP contribution in [-0.2, 0) is 19.6 Å². The van der Waals surface area contributed by atoms with E-state index in [0.29, 0.717) is 0 Å². The van der Waals surface area contributed by atoms with Crippen LogP contribution in [0.4, 0.5) is 15.1 Å². The summed E-state index contributed by atoms with van der Waals surface area (Å²) in [5.41, 5.74) is 0.180. The highest BCUT2D eigenvalue weighted by Crippen LogP contribution is 2.38. The molecule has 32 heavy (non-hydrogen) atoms. The number of aromatic nitrogens is 1. The lowest BCUT2D eigenvalue weighted by molar-refractivity contribution is -0.116. The number of amides is 1. The summed E-state index contributed by atoms with van der Waals surface area (Å²) in [6, 6.07) is 4.88. The van der Waals surface area contributed by atoms with Gasteiger partial charge in [-0.05, 0) is 54.4 Å². The van der Waals surface area contributed by atoms with E-state index in [9.17, 15) is 22.4 Å². The molecule has 0 saturated heterocycles. The molecule has 0 aliphatic rings. The molecule has 1 atom stereocenters. The standard InChI is InChI=1S/C19H22FN4O5PS2/c1-19(2,3)29-18(26)16-17(31-11-22-16)24(30-4)32(27,28)12-7-8-14(13(20)10-12)23-15(25)6-5-9-21/h7-8,10-11,30H,5-6H2,1-4H3,(H,23,25). The number of hydrogen-bond acceptors (Lipinski definition) is 8. The quantitative estimate of drug-likeness (QED) is 0.430. The number of carbonyl (C=O) groups is 2. The minimum absolute atomic E-state index is 0.0267. The summed E-state index contributed by atoms with van der Waals surface area (Å²) < 4.78 is 47.2. The first-order valence-electron chi connectivity index (χ1n) is 9.26. The highest BCUT2D eigenvalue weighted by Gasteiger charge is 2.32. The lowest BCUT2D eigenvalue weighted by Crippen LogP contribution is -2.27. The molecule has 2 rings (SSSR count). The van der Waals surface area contributed by atoms with Crippen LogP contribution < -0.4 is 9.39 Å². The summed E-state index contributed by atoms with van der Waals surface area (Å²) in [5, 5.41) is 10.9. The van der Waals surface area contributed by atoms with E-state index >= 15 is 0 Å². The van der Waals surface area contributed by atoms with Crippen LogP contribution in [0.1, 0.15) is 44.1 Å². The van der Waals surface area contributed by atoms with Gasteiger partial charge >= 0.3 is 5.97 Å². The molecular formula is C19H22FN4O5PS2. The van der Waals surface area contributed by atoms with Gasteiger partial charge in [-0.3, -0.25) is 4.79 Å². The maximum absolute atomic E-state index is 14.5. The minimum Gasteiger partial charge on any atom is -0.455 e. The van der Waals surface area contributed by atoms with Crippen LogP contribution in [0.2, 0.25) is 0 Å². The van der Waals surface area contributed by atoms with Crippen molar-refractivity contribution < 1.29 is 27.1 Å². The van der Waals surface area contributed by atoms with Crippen molar-refractivity contribution >= 4 is 52.7 Å². The molecule has 0 spiro atoms. The number of nitrogens with zero attached hydrogens (tertiary/aromatic N) is 3. The fraction of sp³-hybridized carbons (Fsp3) is 0.368. The van der Waals surface area contributed by atoms with E-state index in [-0.39, 0.29) is 42.9 Å². The van der Waals surface area contributed by atoms with Crippen molar-refractivity contribution in [3.05, 3.63) is 35.2 Å². The van der Waals surface area contributed by atoms with Gasteiger partial charge in [-0.15, -0.1) is 11.3 Å². The van der Waals surface area contributed by atoms with Crippen LogP contribution in [-0.4, -0.2) is 37.5 Å². The number of nitriles is 1. The average Bonchev–Trinajstić information content (AvgIpc) is 3.16. The minimum atomic E-state index is -4.24. The van der Waals surface area contributed by atoms with Crippen LogP contribution in [0.15, 0.2) is 28.6 Å². The Labute approximate surface area is 191 Å². The van der Waals surface area contributed by atoms with Crippen molar-refractivity contribution in [1.82, 2.24) is 4.98 Å². The number of thiazole rings is 1. The lowest BCUT2D eigenvalue weighted by Gasteiger charge is -2.23. The fourth-order valence-corrected chi connectivity index (χ4v) is 6.48. The molecule has 0 aliphatic carbocycles. The number of benzene rings is 1. The number of rotatable bonds is 8. The largest absolute Gasteiger partial charge is 0.455 e. The van der Waals surface area contributed by atoms with Gasteiger partial charge in [-0.1, -0.05) is 0 Å². The SMILES string of the molecule is CPN(c1scnc1C(=O)OC(C)(C)C)S(=O)(=O)c1ccc(NC(=O)CCC#N)c(F)c1. The molecule has 1 unspecified atom stereocenters. The number of nitrogens with one attached hydrogen (secondary N) is 1. The maximum Gasteiger partial charge on any atom is 0.360 e. The van der Waals surface area contributed by atoms with Gasteiger partial charge in [-0.25, -0.2) is 26.7 Å². The smallest absolute Gasteiger partial charge is 0.360 e. The third-order valence-corrected chi connectivity index (χ3v) is 8.24. The van der Waals surface area contributed by atoms with Gasteiger partial charge in [0.25, 0.3) is 10.0 Å². The Morgan fingerprint density at radius 2 is 2.06 bits per heavy atom. The molecule has 0 fully saturated rings. The molecular weight excluding hydrogens is 478 g/mol. The van der Waals surface area contributed by atoms with Crippen molar-refractivity contribution in [1.29, 1.82) is 5.26 Å². The van der Waals surface area contributed by atoms with E-state index in [0.717, 1.165) is 33.6 Å². The summed E-state index contributed by atoms with van der Waals surface area (Å²) in [6.07, 6.45) is -0.138. The zero-order valence-electron chi connectivity index (χ0n) is 17.8. The average molecular weight is 501 g/mol. The number of esters is 1. The Morgan fingerprint density at radius 3 is 2.62 bits per heavy atom. The van der Waals surface area contributed by atoms with E-state index < -0.39 is 33.3 Å². The Hall–Kier alpha value is -2.61. The Morgan fingerprint density at radius 1 is 1.38 bits per heavy atom. The van der Waals surface area contributed by atoms with Crippen molar-refractivity contribution in [3.63, 3.8) is 0 Å². The first-order chi connectivity index (χ1) is 14.9. The third kappa shape index (κ3) is 6.22. The summed E-state index contributed by atoms with van der Waals surface area (Å²) in [4.78, 5) is 27.8. The number of halogens is 1. The molecule has 1 aromatic carbocycles. The third-order valence-electron chi connectivity index (χ3n) is 3.75. The summed E-state index contributed by atoms with van der Waals surface area (Å²) in [7, 11) is -4.57. The van der Waals surface area contributed by atoms with Crippen LogP contribution in [0, 0.1) is 17.1 Å². The lowest BCUT2D eigenvalue weighted by atomic mass is 10.2. The van der Waals surface area contributed by atoms with Crippen molar-refractivity contribution in [2.24, 2.45) is 0 Å². The van der Waals surface area contributed by atoms with Gasteiger partial charge in [0, 0.05) is 12.8 Å². The van der Waals surface area contributed by atoms with Gasteiger partial charge < -0.3 is 10.1 Å². The topological polar surface area (TPSA) is 129 Å². The van der Waals surface area contributed by atoms with Crippen LogP contribution in [0.3, 0.4) is 0 Å². The predicted molar refractivity (Wildman–Crippen MR) is 121 cm³/mol. The summed E-state index contributed by atoms with van der Waals surface area (Å²) in [6.45, 7) is 6.62. The highest BCUT2D eigenvalue weighted by atomic mass is 32.2. The van der Waals surface area contributed by atoms with Gasteiger partial charge in [0.1, 0.15) is 16.4 Å². The zero-order valence-corrected chi connectivity index (χ0v) is 20.4. The Balaban J connectivity index is 2.36. The Bertz CT molecular complexity index is 1160. The second-order valence-electron chi connectivity index (χ2n) is 7.35. The molecule has 13 heteroatoms. The van der Waals surface area contributed by atoms with E-state index in [1.54, 1.807) is 27.4 Å². The molecule has 1 aromatic heterocycles. The van der Waals surface area contributed by atoms with Gasteiger partial charge in [0.05, 0.1) is 22.2 Å². The number of ether oxygens (including phenoxy) is 1. The van der Waals surface area contributed by atoms with Crippen LogP contribution >= 0.6 is 20.1 Å². The first kappa shape index (κ1) is 25.6. The maximum atomic E-state index is 14.5. The molecule has 0 aliphatic heterocycles. The second-order valence-corrected chi connectivity index (χ2v) is 11.2. The van der Waals surface area contributed by atoms with E-state index in [4.69, 9.17) is 10.00 Å². The number of sulfonamides is 1. The van der Waals surface area contributed by atoms with Crippen molar-refractivity contribution in [2.75, 3.05) is 16.1 Å². The molecule has 0 radical (unpaired) electrons. The highest BCUT2D eigenvalue weighted by molar-refractivity contribution is 7.98. The van der Waals surface area contributed by atoms with E-state index in [1.165, 1.54) is 5.51 Å². The monoisotopic (exact) mass is 500 g/mol. The summed E-state index contributed by atoms with van der Waals surface area (Å²) >= 11 is 0.946. The predicted octanol–water partition coefficient (Wildman–Crippen LogP) is 3.90. The van der Waals surface area contributed by atoms with Crippen molar-refractivity contribution in [2.45, 2.75) is 44.1 Å². The summed E-state index contributed by atoms with van der Waals surface area (Å²) in [5.74, 6) is -2.29. The normalized spacial score (nSPS) is 11.9. The molecule has 9 nitrogen and oxygen atoms in total. The molecule has 0 saturated carbocycles. The van der Waals surface area contributed by atoms with Gasteiger partial charge in [-0.2, -0.15) is 5.26 Å². The molecule has 0 bridgehead atoms. The van der Waals surface area contributed by atoms with Crippen molar-refractivity contribution in [3.8, 4) is 6.07 Å². The molecule has 1 heterocycles. The van der Waals surface area contributed by atoms with E-state index in [1.807, 2.05) is 6.07 Å². The molecule has 2 aromatic rings. The second kappa shape index (κ2) is 10.3. The number of anilines is 2. The molecule has 172 valence electrons. The number of carbonyl (C=O) groups excluding carboxylic acids is 2. The number of hydrogen-bond donors (Lipinski definition) is 1. The van der Waals surface area contributed by atoms with E-state index in [2.05, 4.69) is 10.3 Å². The van der Waals surface area contributed by atoms with Gasteiger partial charge in [0.15, 0.2) is 5.69 Å². The van der Waals surface area contributed by atoms with Crippen LogP contribution in [0.25, 0.3) is 0 Å².